The molecule has 4 nitrogen and oxygen atoms in total. The predicted molar refractivity (Wildman–Crippen MR) is 77.9 cm³/mol. The van der Waals surface area contributed by atoms with Crippen molar-refractivity contribution in [3.05, 3.63) is 53.7 Å². The van der Waals surface area contributed by atoms with E-state index in [2.05, 4.69) is 16.0 Å². The van der Waals surface area contributed by atoms with Gasteiger partial charge in [0.15, 0.2) is 0 Å². The highest BCUT2D eigenvalue weighted by molar-refractivity contribution is 5.50. The Hall–Kier alpha value is -2.07. The molecule has 20 heavy (non-hydrogen) atoms. The molecule has 4 heteroatoms. The fourth-order valence-corrected chi connectivity index (χ4v) is 2.51. The van der Waals surface area contributed by atoms with Gasteiger partial charge in [0.1, 0.15) is 18.2 Å². The molecular weight excluding hydrogens is 252 g/mol. The van der Waals surface area contributed by atoms with Crippen molar-refractivity contribution in [2.24, 2.45) is 0 Å². The Labute approximate surface area is 118 Å². The van der Waals surface area contributed by atoms with Gasteiger partial charge in [-0.15, -0.1) is 0 Å². The minimum absolute atomic E-state index is 0.530. The zero-order valence-corrected chi connectivity index (χ0v) is 11.5. The van der Waals surface area contributed by atoms with Crippen LogP contribution in [-0.2, 0) is 6.54 Å². The molecule has 2 aromatic rings. The quantitative estimate of drug-likeness (QED) is 0.911. The van der Waals surface area contributed by atoms with Gasteiger partial charge in [0, 0.05) is 23.9 Å². The summed E-state index contributed by atoms with van der Waals surface area (Å²) in [5.41, 5.74) is 2.00. The Kier molecular flexibility index (Phi) is 3.56. The maximum absolute atomic E-state index is 9.90. The SMILES string of the molecule is C[C@@H](O)c1cccnc1N1CCOc2ccccc2C1. The van der Waals surface area contributed by atoms with Gasteiger partial charge in [-0.3, -0.25) is 0 Å². The van der Waals surface area contributed by atoms with E-state index in [4.69, 9.17) is 4.74 Å². The number of ether oxygens (including phenoxy) is 1. The Balaban J connectivity index is 1.96. The van der Waals surface area contributed by atoms with Gasteiger partial charge in [0.25, 0.3) is 0 Å². The first-order chi connectivity index (χ1) is 9.75. The highest BCUT2D eigenvalue weighted by atomic mass is 16.5. The van der Waals surface area contributed by atoms with Crippen molar-refractivity contribution in [3.63, 3.8) is 0 Å². The number of fused-ring (bicyclic) bond motifs is 1. The van der Waals surface area contributed by atoms with Crippen molar-refractivity contribution in [2.45, 2.75) is 19.6 Å². The van der Waals surface area contributed by atoms with E-state index >= 15 is 0 Å². The lowest BCUT2D eigenvalue weighted by atomic mass is 10.1. The van der Waals surface area contributed by atoms with Crippen molar-refractivity contribution < 1.29 is 9.84 Å². The molecule has 1 aromatic heterocycles. The summed E-state index contributed by atoms with van der Waals surface area (Å²) in [6.07, 6.45) is 1.23. The molecule has 1 atom stereocenters. The van der Waals surface area contributed by atoms with E-state index in [0.717, 1.165) is 35.8 Å². The van der Waals surface area contributed by atoms with Crippen LogP contribution in [0.5, 0.6) is 5.75 Å². The molecule has 0 saturated carbocycles. The molecule has 0 saturated heterocycles. The van der Waals surface area contributed by atoms with Gasteiger partial charge in [-0.2, -0.15) is 0 Å². The molecule has 0 bridgehead atoms. The summed E-state index contributed by atoms with van der Waals surface area (Å²) in [7, 11) is 0. The molecule has 0 amide bonds. The van der Waals surface area contributed by atoms with Crippen molar-refractivity contribution in [3.8, 4) is 5.75 Å². The molecule has 0 spiro atoms. The second kappa shape index (κ2) is 5.51. The lowest BCUT2D eigenvalue weighted by Gasteiger charge is -2.24. The average Bonchev–Trinajstić information content (AvgIpc) is 2.69. The van der Waals surface area contributed by atoms with Crippen LogP contribution < -0.4 is 9.64 Å². The third-order valence-electron chi connectivity index (χ3n) is 3.52. The van der Waals surface area contributed by atoms with E-state index in [9.17, 15) is 5.11 Å². The van der Waals surface area contributed by atoms with E-state index in [-0.39, 0.29) is 0 Å². The summed E-state index contributed by atoms with van der Waals surface area (Å²) in [6.45, 7) is 3.88. The van der Waals surface area contributed by atoms with E-state index in [1.165, 1.54) is 0 Å². The van der Waals surface area contributed by atoms with Crippen LogP contribution in [0.3, 0.4) is 0 Å². The van der Waals surface area contributed by atoms with Crippen LogP contribution >= 0.6 is 0 Å². The second-order valence-corrected chi connectivity index (χ2v) is 4.97. The van der Waals surface area contributed by atoms with E-state index in [1.807, 2.05) is 30.3 Å². The van der Waals surface area contributed by atoms with Crippen molar-refractivity contribution in [1.82, 2.24) is 4.98 Å². The van der Waals surface area contributed by atoms with Crippen LogP contribution in [0.4, 0.5) is 5.82 Å². The molecule has 0 radical (unpaired) electrons. The summed E-state index contributed by atoms with van der Waals surface area (Å²) in [6, 6.07) is 11.8. The first kappa shape index (κ1) is 12.9. The van der Waals surface area contributed by atoms with Crippen LogP contribution in [0.2, 0.25) is 0 Å². The summed E-state index contributed by atoms with van der Waals surface area (Å²) >= 11 is 0. The van der Waals surface area contributed by atoms with Crippen molar-refractivity contribution in [2.75, 3.05) is 18.1 Å². The monoisotopic (exact) mass is 270 g/mol. The van der Waals surface area contributed by atoms with Gasteiger partial charge < -0.3 is 14.7 Å². The van der Waals surface area contributed by atoms with Gasteiger partial charge in [-0.25, -0.2) is 4.98 Å². The van der Waals surface area contributed by atoms with E-state index < -0.39 is 6.10 Å². The number of hydrogen-bond donors (Lipinski definition) is 1. The number of pyridine rings is 1. The first-order valence-corrected chi connectivity index (χ1v) is 6.84. The largest absolute Gasteiger partial charge is 0.491 e. The molecule has 104 valence electrons. The lowest BCUT2D eigenvalue weighted by molar-refractivity contribution is 0.199. The molecule has 2 heterocycles. The first-order valence-electron chi connectivity index (χ1n) is 6.84. The third-order valence-corrected chi connectivity index (χ3v) is 3.52. The number of anilines is 1. The number of nitrogens with zero attached hydrogens (tertiary/aromatic N) is 2. The molecule has 3 rings (SSSR count). The highest BCUT2D eigenvalue weighted by Crippen LogP contribution is 2.29. The maximum atomic E-state index is 9.90. The summed E-state index contributed by atoms with van der Waals surface area (Å²) in [5.74, 6) is 1.77. The van der Waals surface area contributed by atoms with Gasteiger partial charge in [0.05, 0.1) is 12.6 Å². The summed E-state index contributed by atoms with van der Waals surface area (Å²) in [4.78, 5) is 6.61. The smallest absolute Gasteiger partial charge is 0.134 e. The zero-order valence-electron chi connectivity index (χ0n) is 11.5. The molecular formula is C16H18N2O2. The Morgan fingerprint density at radius 3 is 2.95 bits per heavy atom. The number of hydrogen-bond acceptors (Lipinski definition) is 4. The number of rotatable bonds is 2. The van der Waals surface area contributed by atoms with Crippen LogP contribution in [-0.4, -0.2) is 23.2 Å². The molecule has 0 unspecified atom stereocenters. The molecule has 1 N–H and O–H groups in total. The Bertz CT molecular complexity index is 599. The second-order valence-electron chi connectivity index (χ2n) is 4.97. The van der Waals surface area contributed by atoms with Crippen LogP contribution in [0.25, 0.3) is 0 Å². The van der Waals surface area contributed by atoms with Crippen molar-refractivity contribution in [1.29, 1.82) is 0 Å². The average molecular weight is 270 g/mol. The molecule has 1 aliphatic rings. The summed E-state index contributed by atoms with van der Waals surface area (Å²) in [5, 5.41) is 9.90. The number of aliphatic hydroxyl groups excluding tert-OH is 1. The van der Waals surface area contributed by atoms with Gasteiger partial charge >= 0.3 is 0 Å². The van der Waals surface area contributed by atoms with Gasteiger partial charge in [-0.1, -0.05) is 24.3 Å². The standard InChI is InChI=1S/C16H18N2O2/c1-12(19)14-6-4-8-17-16(14)18-9-10-20-15-7-3-2-5-13(15)11-18/h2-8,12,19H,9-11H2,1H3/t12-/m1/s1. The number of aromatic nitrogens is 1. The molecule has 1 aliphatic heterocycles. The minimum atomic E-state index is -0.530. The Morgan fingerprint density at radius 2 is 2.10 bits per heavy atom. The summed E-state index contributed by atoms with van der Waals surface area (Å²) < 4.78 is 5.77. The maximum Gasteiger partial charge on any atom is 0.134 e. The fourth-order valence-electron chi connectivity index (χ4n) is 2.51. The molecule has 0 aliphatic carbocycles. The van der Waals surface area contributed by atoms with Crippen LogP contribution in [0, 0.1) is 0 Å². The lowest BCUT2D eigenvalue weighted by Crippen LogP contribution is -2.27. The van der Waals surface area contributed by atoms with Crippen LogP contribution in [0.15, 0.2) is 42.6 Å². The number of aliphatic hydroxyl groups is 1. The van der Waals surface area contributed by atoms with Gasteiger partial charge in [-0.05, 0) is 19.1 Å². The van der Waals surface area contributed by atoms with E-state index in [1.54, 1.807) is 13.1 Å². The fraction of sp³-hybridized carbons (Fsp3) is 0.312. The molecule has 0 fully saturated rings. The van der Waals surface area contributed by atoms with Gasteiger partial charge in [0.2, 0.25) is 0 Å². The number of para-hydroxylation sites is 1. The third kappa shape index (κ3) is 2.47. The highest BCUT2D eigenvalue weighted by Gasteiger charge is 2.19. The zero-order chi connectivity index (χ0) is 13.9. The van der Waals surface area contributed by atoms with Crippen molar-refractivity contribution >= 4 is 5.82 Å². The topological polar surface area (TPSA) is 45.6 Å². The minimum Gasteiger partial charge on any atom is -0.491 e. The van der Waals surface area contributed by atoms with E-state index in [0.29, 0.717) is 6.61 Å². The molecule has 1 aromatic carbocycles. The van der Waals surface area contributed by atoms with Crippen LogP contribution in [0.1, 0.15) is 24.2 Å². The Morgan fingerprint density at radius 1 is 1.25 bits per heavy atom. The normalized spacial score (nSPS) is 16.0. The predicted octanol–water partition coefficient (Wildman–Crippen LogP) is 2.53. The number of benzene rings is 1.